The van der Waals surface area contributed by atoms with Crippen molar-refractivity contribution in [2.45, 2.75) is 16.2 Å². The van der Waals surface area contributed by atoms with Crippen molar-refractivity contribution in [2.24, 2.45) is 0 Å². The van der Waals surface area contributed by atoms with Crippen LogP contribution in [0.5, 0.6) is 0 Å². The van der Waals surface area contributed by atoms with Crippen LogP contribution in [0.25, 0.3) is 0 Å². The molecule has 0 aliphatic carbocycles. The third-order valence-corrected chi connectivity index (χ3v) is 4.34. The number of rotatable bonds is 3. The lowest BCUT2D eigenvalue weighted by molar-refractivity contribution is 0.0990. The van der Waals surface area contributed by atoms with E-state index in [1.165, 1.54) is 4.90 Å². The minimum Gasteiger partial charge on any atom is -0.353 e. The number of fused-ring (bicyclic) bond motifs is 2. The molecule has 19 heavy (non-hydrogen) atoms. The summed E-state index contributed by atoms with van der Waals surface area (Å²) in [6, 6.07) is 13.9. The molecule has 0 unspecified atom stereocenters. The molecular formula is C15H12ClNOS. The molecule has 0 amide bonds. The Morgan fingerprint density at radius 3 is 2.74 bits per heavy atom. The highest BCUT2D eigenvalue weighted by atomic mass is 35.5. The van der Waals surface area contributed by atoms with Gasteiger partial charge in [-0.3, -0.25) is 4.79 Å². The van der Waals surface area contributed by atoms with E-state index < -0.39 is 0 Å². The average Bonchev–Trinajstić information content (AvgIpc) is 2.44. The zero-order chi connectivity index (χ0) is 13.2. The topological polar surface area (TPSA) is 29.1 Å². The summed E-state index contributed by atoms with van der Waals surface area (Å²) in [6.45, 7) is 0. The average molecular weight is 290 g/mol. The van der Waals surface area contributed by atoms with E-state index in [1.54, 1.807) is 11.8 Å². The summed E-state index contributed by atoms with van der Waals surface area (Å²) < 4.78 is 0. The van der Waals surface area contributed by atoms with Gasteiger partial charge in [0.1, 0.15) is 0 Å². The third-order valence-electron chi connectivity index (χ3n) is 3.01. The normalized spacial score (nSPS) is 12.3. The Balaban J connectivity index is 2.03. The maximum Gasteiger partial charge on any atom is 0.166 e. The maximum atomic E-state index is 12.1. The Labute approximate surface area is 121 Å². The second-order valence-electron chi connectivity index (χ2n) is 4.26. The smallest absolute Gasteiger partial charge is 0.166 e. The van der Waals surface area contributed by atoms with Crippen molar-refractivity contribution in [1.29, 1.82) is 0 Å². The summed E-state index contributed by atoms with van der Waals surface area (Å²) in [5, 5.41) is 3.36. The third kappa shape index (κ3) is 2.36. The minimum atomic E-state index is 0.0827. The number of benzene rings is 2. The quantitative estimate of drug-likeness (QED) is 0.559. The highest BCUT2D eigenvalue weighted by molar-refractivity contribution is 7.99. The number of nitrogens with one attached hydrogen (secondary N) is 1. The first-order chi connectivity index (χ1) is 9.29. The Morgan fingerprint density at radius 1 is 1.11 bits per heavy atom. The molecule has 0 saturated carbocycles. The molecule has 0 radical (unpaired) electrons. The standard InChI is InChI=1S/C15H12ClNOS/c16-9-8-12(18)10-4-3-7-14-15(10)17-11-5-1-2-6-13(11)19-14/h1-7,17H,8-9H2. The van der Waals surface area contributed by atoms with Crippen LogP contribution in [-0.4, -0.2) is 11.7 Å². The lowest BCUT2D eigenvalue weighted by atomic mass is 10.1. The molecule has 0 spiro atoms. The first-order valence-electron chi connectivity index (χ1n) is 6.05. The van der Waals surface area contributed by atoms with Crippen molar-refractivity contribution in [1.82, 2.24) is 0 Å². The summed E-state index contributed by atoms with van der Waals surface area (Å²) in [4.78, 5) is 14.4. The molecule has 0 atom stereocenters. The van der Waals surface area contributed by atoms with Crippen molar-refractivity contribution in [3.8, 4) is 0 Å². The van der Waals surface area contributed by atoms with E-state index in [4.69, 9.17) is 11.6 Å². The van der Waals surface area contributed by atoms with E-state index in [-0.39, 0.29) is 5.78 Å². The molecule has 2 aromatic carbocycles. The summed E-state index contributed by atoms with van der Waals surface area (Å²) in [5.74, 6) is 0.436. The van der Waals surface area contributed by atoms with E-state index in [0.717, 1.165) is 21.8 Å². The predicted molar refractivity (Wildman–Crippen MR) is 80.0 cm³/mol. The predicted octanol–water partition coefficient (Wildman–Crippen LogP) is 4.71. The van der Waals surface area contributed by atoms with Crippen LogP contribution in [0.3, 0.4) is 0 Å². The number of ketones is 1. The molecule has 3 rings (SSSR count). The molecule has 2 nitrogen and oxygen atoms in total. The zero-order valence-electron chi connectivity index (χ0n) is 10.2. The fourth-order valence-corrected chi connectivity index (χ4v) is 3.30. The maximum absolute atomic E-state index is 12.1. The number of anilines is 2. The van der Waals surface area contributed by atoms with E-state index in [9.17, 15) is 4.79 Å². The molecule has 2 aromatic rings. The van der Waals surface area contributed by atoms with Gasteiger partial charge < -0.3 is 5.32 Å². The van der Waals surface area contributed by atoms with Crippen LogP contribution in [0.4, 0.5) is 11.4 Å². The molecule has 96 valence electrons. The number of carbonyl (C=O) groups excluding carboxylic acids is 1. The van der Waals surface area contributed by atoms with Crippen molar-refractivity contribution in [2.75, 3.05) is 11.2 Å². The van der Waals surface area contributed by atoms with Gasteiger partial charge in [-0.1, -0.05) is 30.0 Å². The van der Waals surface area contributed by atoms with Crippen LogP contribution in [0, 0.1) is 0 Å². The first kappa shape index (κ1) is 12.6. The van der Waals surface area contributed by atoms with E-state index in [2.05, 4.69) is 11.4 Å². The molecule has 1 N–H and O–H groups in total. The number of carbonyl (C=O) groups is 1. The lowest BCUT2D eigenvalue weighted by Crippen LogP contribution is -2.08. The Morgan fingerprint density at radius 2 is 1.89 bits per heavy atom. The second-order valence-corrected chi connectivity index (χ2v) is 5.73. The van der Waals surface area contributed by atoms with E-state index >= 15 is 0 Å². The summed E-state index contributed by atoms with van der Waals surface area (Å²) in [7, 11) is 0. The number of halogens is 1. The van der Waals surface area contributed by atoms with E-state index in [1.807, 2.05) is 36.4 Å². The monoisotopic (exact) mass is 289 g/mol. The van der Waals surface area contributed by atoms with Crippen molar-refractivity contribution in [3.05, 3.63) is 48.0 Å². The fourth-order valence-electron chi connectivity index (χ4n) is 2.11. The number of hydrogen-bond donors (Lipinski definition) is 1. The summed E-state index contributed by atoms with van der Waals surface area (Å²) in [6.07, 6.45) is 0.367. The highest BCUT2D eigenvalue weighted by Crippen LogP contribution is 2.45. The molecule has 0 bridgehead atoms. The van der Waals surface area contributed by atoms with Crippen molar-refractivity contribution >= 4 is 40.5 Å². The Bertz CT molecular complexity index is 642. The minimum absolute atomic E-state index is 0.0827. The number of alkyl halides is 1. The van der Waals surface area contributed by atoms with Crippen molar-refractivity contribution < 1.29 is 4.79 Å². The lowest BCUT2D eigenvalue weighted by Gasteiger charge is -2.22. The van der Waals surface area contributed by atoms with Gasteiger partial charge in [-0.15, -0.1) is 11.6 Å². The molecule has 0 aromatic heterocycles. The van der Waals surface area contributed by atoms with Gasteiger partial charge in [0.2, 0.25) is 0 Å². The highest BCUT2D eigenvalue weighted by Gasteiger charge is 2.20. The van der Waals surface area contributed by atoms with Crippen LogP contribution in [0.15, 0.2) is 52.3 Å². The van der Waals surface area contributed by atoms with Gasteiger partial charge in [-0.25, -0.2) is 0 Å². The summed E-state index contributed by atoms with van der Waals surface area (Å²) >= 11 is 7.35. The van der Waals surface area contributed by atoms with Gasteiger partial charge in [-0.05, 0) is 24.3 Å². The number of para-hydroxylation sites is 2. The van der Waals surface area contributed by atoms with Crippen LogP contribution >= 0.6 is 23.4 Å². The fraction of sp³-hybridized carbons (Fsp3) is 0.133. The zero-order valence-corrected chi connectivity index (χ0v) is 11.7. The van der Waals surface area contributed by atoms with Crippen LogP contribution in [0.2, 0.25) is 0 Å². The van der Waals surface area contributed by atoms with Crippen LogP contribution in [-0.2, 0) is 0 Å². The van der Waals surface area contributed by atoms with Gasteiger partial charge in [0.15, 0.2) is 5.78 Å². The van der Waals surface area contributed by atoms with Gasteiger partial charge in [0, 0.05) is 27.7 Å². The Kier molecular flexibility index (Phi) is 3.49. The summed E-state index contributed by atoms with van der Waals surface area (Å²) in [5.41, 5.74) is 2.67. The van der Waals surface area contributed by atoms with Gasteiger partial charge >= 0.3 is 0 Å². The van der Waals surface area contributed by atoms with Gasteiger partial charge in [0.25, 0.3) is 0 Å². The Hall–Kier alpha value is -1.45. The largest absolute Gasteiger partial charge is 0.353 e. The molecule has 1 aliphatic rings. The van der Waals surface area contributed by atoms with Crippen molar-refractivity contribution in [3.63, 3.8) is 0 Å². The van der Waals surface area contributed by atoms with Crippen LogP contribution in [0.1, 0.15) is 16.8 Å². The molecule has 1 heterocycles. The second kappa shape index (κ2) is 5.27. The van der Waals surface area contributed by atoms with Gasteiger partial charge in [-0.2, -0.15) is 0 Å². The molecule has 1 aliphatic heterocycles. The first-order valence-corrected chi connectivity index (χ1v) is 7.41. The molecule has 4 heteroatoms. The molecular weight excluding hydrogens is 278 g/mol. The SMILES string of the molecule is O=C(CCCl)c1cccc2c1Nc1ccccc1S2. The van der Waals surface area contributed by atoms with Crippen LogP contribution < -0.4 is 5.32 Å². The van der Waals surface area contributed by atoms with Gasteiger partial charge in [0.05, 0.1) is 11.4 Å². The molecule has 0 saturated heterocycles. The number of hydrogen-bond acceptors (Lipinski definition) is 3. The molecule has 0 fully saturated rings. The van der Waals surface area contributed by atoms with E-state index in [0.29, 0.717) is 12.3 Å². The number of Topliss-reactive ketones (excluding diaryl/α,β-unsaturated/α-hetero) is 1.